The highest BCUT2D eigenvalue weighted by Gasteiger charge is 2.47. The summed E-state index contributed by atoms with van der Waals surface area (Å²) in [7, 11) is 0. The molecule has 0 radical (unpaired) electrons. The largest absolute Gasteiger partial charge is 0.387 e. The van der Waals surface area contributed by atoms with Crippen molar-refractivity contribution in [1.29, 1.82) is 0 Å². The number of nitrogens with one attached hydrogen (secondary N) is 1. The van der Waals surface area contributed by atoms with E-state index < -0.39 is 24.5 Å². The Morgan fingerprint density at radius 2 is 1.93 bits per heavy atom. The smallest absolute Gasteiger partial charge is 0.258 e. The predicted octanol–water partition coefficient (Wildman–Crippen LogP) is 2.02. The van der Waals surface area contributed by atoms with Crippen molar-refractivity contribution in [3.8, 4) is 0 Å². The molecule has 1 aliphatic rings. The number of fused-ring (bicyclic) bond motifs is 1. The predicted molar refractivity (Wildman–Crippen MR) is 107 cm³/mol. The van der Waals surface area contributed by atoms with Crippen molar-refractivity contribution in [3.63, 3.8) is 0 Å². The summed E-state index contributed by atoms with van der Waals surface area (Å²) in [5.74, 6) is 1.10. The first kappa shape index (κ1) is 20.9. The summed E-state index contributed by atoms with van der Waals surface area (Å²) in [6, 6.07) is 0.203. The van der Waals surface area contributed by atoms with E-state index in [-0.39, 0.29) is 17.2 Å². The monoisotopic (exact) mass is 437 g/mol. The maximum atomic E-state index is 10.6. The molecular weight excluding hydrogens is 414 g/mol. The van der Waals surface area contributed by atoms with Crippen molar-refractivity contribution in [2.45, 2.75) is 70.6 Å². The van der Waals surface area contributed by atoms with Crippen LogP contribution in [0.1, 0.15) is 57.7 Å². The molecular formula is C18H24ClN7O4. The molecule has 1 fully saturated rings. The number of ether oxygens (including phenoxy) is 1. The number of aliphatic hydroxyl groups excluding tert-OH is 2. The molecule has 0 bridgehead atoms. The summed E-state index contributed by atoms with van der Waals surface area (Å²) in [4.78, 5) is 17.1. The Morgan fingerprint density at radius 3 is 2.60 bits per heavy atom. The molecule has 0 spiro atoms. The average molecular weight is 438 g/mol. The molecule has 3 aromatic heterocycles. The lowest BCUT2D eigenvalue weighted by molar-refractivity contribution is -0.0451. The van der Waals surface area contributed by atoms with Crippen LogP contribution in [0.2, 0.25) is 5.28 Å². The number of rotatable bonds is 7. The third kappa shape index (κ3) is 3.62. The molecule has 162 valence electrons. The van der Waals surface area contributed by atoms with E-state index in [2.05, 4.69) is 44.3 Å². The fourth-order valence-corrected chi connectivity index (χ4v) is 3.65. The number of imidazole rings is 1. The molecule has 4 rings (SSSR count). The molecule has 0 saturated carbocycles. The van der Waals surface area contributed by atoms with E-state index in [1.165, 1.54) is 10.9 Å². The van der Waals surface area contributed by atoms with Gasteiger partial charge in [0.05, 0.1) is 6.33 Å². The summed E-state index contributed by atoms with van der Waals surface area (Å²) in [6.07, 6.45) is -0.626. The molecule has 11 nitrogen and oxygen atoms in total. The van der Waals surface area contributed by atoms with Crippen molar-refractivity contribution in [3.05, 3.63) is 23.3 Å². The van der Waals surface area contributed by atoms with Gasteiger partial charge in [-0.05, 0) is 24.4 Å². The van der Waals surface area contributed by atoms with Crippen LogP contribution in [0.4, 0.5) is 5.82 Å². The molecule has 1 saturated heterocycles. The lowest BCUT2D eigenvalue weighted by atomic mass is 10.1. The normalized spacial score (nSPS) is 24.2. The van der Waals surface area contributed by atoms with Crippen LogP contribution in [0.5, 0.6) is 0 Å². The van der Waals surface area contributed by atoms with Crippen molar-refractivity contribution < 1.29 is 19.5 Å². The Morgan fingerprint density at radius 1 is 1.17 bits per heavy atom. The first-order valence-electron chi connectivity index (χ1n) is 9.97. The van der Waals surface area contributed by atoms with Gasteiger partial charge in [0.1, 0.15) is 12.2 Å². The second-order valence-electron chi connectivity index (χ2n) is 7.15. The van der Waals surface area contributed by atoms with E-state index in [1.54, 1.807) is 0 Å². The van der Waals surface area contributed by atoms with E-state index in [0.29, 0.717) is 29.2 Å². The topological polar surface area (TPSA) is 144 Å². The number of anilines is 1. The minimum Gasteiger partial charge on any atom is -0.387 e. The highest BCUT2D eigenvalue weighted by atomic mass is 35.5. The van der Waals surface area contributed by atoms with Crippen LogP contribution in [0.25, 0.3) is 11.2 Å². The number of halogens is 1. The van der Waals surface area contributed by atoms with Gasteiger partial charge in [0.25, 0.3) is 5.89 Å². The number of aryl methyl sites for hydroxylation is 1. The fraction of sp³-hybridized carbons (Fsp3) is 0.611. The third-order valence-electron chi connectivity index (χ3n) is 5.28. The molecule has 4 heterocycles. The van der Waals surface area contributed by atoms with E-state index in [4.69, 9.17) is 20.9 Å². The van der Waals surface area contributed by atoms with Gasteiger partial charge in [0.15, 0.2) is 35.1 Å². The van der Waals surface area contributed by atoms with Crippen LogP contribution in [-0.2, 0) is 11.2 Å². The van der Waals surface area contributed by atoms with Gasteiger partial charge in [0.2, 0.25) is 5.28 Å². The molecule has 12 heteroatoms. The Labute approximate surface area is 177 Å². The molecule has 4 atom stereocenters. The van der Waals surface area contributed by atoms with Gasteiger partial charge in [0, 0.05) is 12.5 Å². The zero-order valence-corrected chi connectivity index (χ0v) is 17.6. The van der Waals surface area contributed by atoms with Crippen LogP contribution in [0.15, 0.2) is 10.9 Å². The van der Waals surface area contributed by atoms with E-state index in [1.807, 2.05) is 6.92 Å². The van der Waals surface area contributed by atoms with E-state index >= 15 is 0 Å². The van der Waals surface area contributed by atoms with Crippen LogP contribution < -0.4 is 5.32 Å². The van der Waals surface area contributed by atoms with Crippen molar-refractivity contribution >= 4 is 28.6 Å². The zero-order chi connectivity index (χ0) is 21.4. The summed E-state index contributed by atoms with van der Waals surface area (Å²) in [5, 5.41) is 28.3. The SMILES string of the molecule is CCc1noc([C@H]2O[C@@H](n3cnc4c(NC(CC)CC)nc(Cl)nc43)[C@H](O)[C@@H]2O)n1. The molecule has 0 amide bonds. The quantitative estimate of drug-likeness (QED) is 0.469. The molecule has 3 N–H and O–H groups in total. The minimum absolute atomic E-state index is 0.0341. The maximum absolute atomic E-state index is 10.6. The number of hydrogen-bond acceptors (Lipinski definition) is 10. The second-order valence-corrected chi connectivity index (χ2v) is 7.49. The van der Waals surface area contributed by atoms with Crippen molar-refractivity contribution in [1.82, 2.24) is 29.7 Å². The standard InChI is InChI=1S/C18H24ClN7O4/c1-4-8(5-2)21-14-10-15(24-18(19)23-14)26(7-20-10)17-12(28)11(27)13(29-17)16-22-9(6-3)25-30-16/h7-8,11-13,17,27-28H,4-6H2,1-3H3,(H,21,23,24)/t11-,12+,13-,17+/m0/s1. The zero-order valence-electron chi connectivity index (χ0n) is 16.9. The highest BCUT2D eigenvalue weighted by Crippen LogP contribution is 2.39. The van der Waals surface area contributed by atoms with Gasteiger partial charge in [-0.15, -0.1) is 0 Å². The highest BCUT2D eigenvalue weighted by molar-refractivity contribution is 6.28. The first-order valence-corrected chi connectivity index (χ1v) is 10.3. The van der Waals surface area contributed by atoms with Gasteiger partial charge in [-0.25, -0.2) is 4.98 Å². The van der Waals surface area contributed by atoms with E-state index in [0.717, 1.165) is 12.8 Å². The number of hydrogen-bond donors (Lipinski definition) is 3. The first-order chi connectivity index (χ1) is 14.5. The fourth-order valence-electron chi connectivity index (χ4n) is 3.48. The summed E-state index contributed by atoms with van der Waals surface area (Å²) >= 11 is 6.15. The molecule has 0 aliphatic carbocycles. The van der Waals surface area contributed by atoms with E-state index in [9.17, 15) is 10.2 Å². The average Bonchev–Trinajstić information content (AvgIpc) is 3.45. The van der Waals surface area contributed by atoms with Gasteiger partial charge in [-0.3, -0.25) is 4.57 Å². The summed E-state index contributed by atoms with van der Waals surface area (Å²) in [5.41, 5.74) is 0.867. The maximum Gasteiger partial charge on any atom is 0.258 e. The lowest BCUT2D eigenvalue weighted by Crippen LogP contribution is -2.29. The summed E-state index contributed by atoms with van der Waals surface area (Å²) in [6.45, 7) is 6.03. The number of aromatic nitrogens is 6. The van der Waals surface area contributed by atoms with Crippen molar-refractivity contribution in [2.24, 2.45) is 0 Å². The van der Waals surface area contributed by atoms with Gasteiger partial charge >= 0.3 is 0 Å². The minimum atomic E-state index is -1.27. The van der Waals surface area contributed by atoms with Crippen LogP contribution in [0, 0.1) is 0 Å². The Kier molecular flexibility index (Phi) is 5.87. The molecule has 0 aromatic carbocycles. The molecule has 30 heavy (non-hydrogen) atoms. The van der Waals surface area contributed by atoms with Gasteiger partial charge in [-0.1, -0.05) is 25.9 Å². The van der Waals surface area contributed by atoms with Crippen molar-refractivity contribution in [2.75, 3.05) is 5.32 Å². The van der Waals surface area contributed by atoms with Crippen LogP contribution in [-0.4, -0.2) is 58.1 Å². The molecule has 0 unspecified atom stereocenters. The Bertz CT molecular complexity index is 1020. The van der Waals surface area contributed by atoms with Crippen LogP contribution in [0.3, 0.4) is 0 Å². The number of nitrogens with zero attached hydrogens (tertiary/aromatic N) is 6. The Hall–Kier alpha value is -2.34. The second kappa shape index (κ2) is 8.42. The lowest BCUT2D eigenvalue weighted by Gasteiger charge is -2.18. The van der Waals surface area contributed by atoms with Gasteiger partial charge in [-0.2, -0.15) is 15.0 Å². The summed E-state index contributed by atoms with van der Waals surface area (Å²) < 4.78 is 12.6. The Balaban J connectivity index is 1.68. The third-order valence-corrected chi connectivity index (χ3v) is 5.45. The van der Waals surface area contributed by atoms with Crippen LogP contribution >= 0.6 is 11.6 Å². The van der Waals surface area contributed by atoms with Gasteiger partial charge < -0.3 is 24.8 Å². The molecule has 1 aliphatic heterocycles. The molecule has 3 aromatic rings. The number of aliphatic hydroxyl groups is 2.